The van der Waals surface area contributed by atoms with Crippen molar-refractivity contribution in [2.24, 2.45) is 5.92 Å². The van der Waals surface area contributed by atoms with Crippen molar-refractivity contribution in [3.8, 4) is 6.07 Å². The van der Waals surface area contributed by atoms with E-state index in [2.05, 4.69) is 4.74 Å². The summed E-state index contributed by atoms with van der Waals surface area (Å²) >= 11 is 0. The highest BCUT2D eigenvalue weighted by Gasteiger charge is 2.27. The number of carbonyl (C=O) groups is 1. The SMILES string of the molecule is CCN(CC(C)C#N)S(=O)(=O)N(C)CCC(=O)OC. The lowest BCUT2D eigenvalue weighted by molar-refractivity contribution is -0.140. The van der Waals surface area contributed by atoms with E-state index in [0.717, 1.165) is 4.31 Å². The molecule has 8 heteroatoms. The molecule has 1 unspecified atom stereocenters. The van der Waals surface area contributed by atoms with Crippen LogP contribution in [0.4, 0.5) is 0 Å². The van der Waals surface area contributed by atoms with Gasteiger partial charge in [0.05, 0.1) is 25.5 Å². The van der Waals surface area contributed by atoms with E-state index in [9.17, 15) is 13.2 Å². The van der Waals surface area contributed by atoms with Gasteiger partial charge < -0.3 is 4.74 Å². The zero-order valence-electron chi connectivity index (χ0n) is 11.8. The monoisotopic (exact) mass is 291 g/mol. The smallest absolute Gasteiger partial charge is 0.306 e. The molecule has 19 heavy (non-hydrogen) atoms. The lowest BCUT2D eigenvalue weighted by atomic mass is 10.2. The average Bonchev–Trinajstić information content (AvgIpc) is 2.40. The molecule has 0 amide bonds. The molecular weight excluding hydrogens is 270 g/mol. The van der Waals surface area contributed by atoms with Crippen LogP contribution in [-0.4, -0.2) is 56.8 Å². The zero-order valence-corrected chi connectivity index (χ0v) is 12.6. The van der Waals surface area contributed by atoms with Gasteiger partial charge in [-0.1, -0.05) is 6.92 Å². The van der Waals surface area contributed by atoms with Crippen molar-refractivity contribution >= 4 is 16.2 Å². The maximum atomic E-state index is 12.2. The van der Waals surface area contributed by atoms with E-state index < -0.39 is 16.2 Å². The van der Waals surface area contributed by atoms with Gasteiger partial charge >= 0.3 is 5.97 Å². The van der Waals surface area contributed by atoms with E-state index in [1.54, 1.807) is 13.8 Å². The first-order chi connectivity index (χ1) is 8.79. The number of nitriles is 1. The van der Waals surface area contributed by atoms with E-state index in [-0.39, 0.29) is 32.0 Å². The second kappa shape index (κ2) is 8.09. The van der Waals surface area contributed by atoms with Gasteiger partial charge in [-0.05, 0) is 6.92 Å². The molecule has 0 N–H and O–H groups in total. The molecule has 0 saturated heterocycles. The molecule has 110 valence electrons. The Morgan fingerprint density at radius 3 is 2.47 bits per heavy atom. The lowest BCUT2D eigenvalue weighted by Gasteiger charge is -2.26. The first-order valence-electron chi connectivity index (χ1n) is 5.97. The van der Waals surface area contributed by atoms with E-state index in [1.165, 1.54) is 18.5 Å². The Kier molecular flexibility index (Phi) is 7.59. The fourth-order valence-electron chi connectivity index (χ4n) is 1.40. The average molecular weight is 291 g/mol. The molecule has 0 fully saturated rings. The molecule has 0 aliphatic heterocycles. The van der Waals surface area contributed by atoms with E-state index in [1.807, 2.05) is 6.07 Å². The minimum Gasteiger partial charge on any atom is -0.469 e. The van der Waals surface area contributed by atoms with Crippen LogP contribution in [0.3, 0.4) is 0 Å². The number of rotatable bonds is 8. The van der Waals surface area contributed by atoms with Crippen molar-refractivity contribution in [3.63, 3.8) is 0 Å². The van der Waals surface area contributed by atoms with Crippen LogP contribution in [0.1, 0.15) is 20.3 Å². The Bertz CT molecular complexity index is 430. The number of ether oxygens (including phenoxy) is 1. The molecule has 0 aromatic heterocycles. The second-order valence-corrected chi connectivity index (χ2v) is 6.17. The van der Waals surface area contributed by atoms with E-state index >= 15 is 0 Å². The molecule has 0 radical (unpaired) electrons. The maximum Gasteiger partial charge on any atom is 0.306 e. The fraction of sp³-hybridized carbons (Fsp3) is 0.818. The number of esters is 1. The molecule has 0 spiro atoms. The third kappa shape index (κ3) is 5.55. The van der Waals surface area contributed by atoms with Crippen molar-refractivity contribution in [2.75, 3.05) is 33.8 Å². The van der Waals surface area contributed by atoms with Crippen molar-refractivity contribution in [1.82, 2.24) is 8.61 Å². The first-order valence-corrected chi connectivity index (χ1v) is 7.37. The van der Waals surface area contributed by atoms with Crippen LogP contribution in [0.5, 0.6) is 0 Å². The third-order valence-electron chi connectivity index (χ3n) is 2.63. The van der Waals surface area contributed by atoms with Gasteiger partial charge in [-0.25, -0.2) is 0 Å². The maximum absolute atomic E-state index is 12.2. The van der Waals surface area contributed by atoms with E-state index in [4.69, 9.17) is 5.26 Å². The highest BCUT2D eigenvalue weighted by atomic mass is 32.2. The molecule has 0 rings (SSSR count). The summed E-state index contributed by atoms with van der Waals surface area (Å²) in [7, 11) is -0.998. The van der Waals surface area contributed by atoms with Gasteiger partial charge in [0.2, 0.25) is 0 Å². The minimum absolute atomic E-state index is 0.00239. The molecule has 0 aliphatic carbocycles. The van der Waals surface area contributed by atoms with Crippen LogP contribution in [0.15, 0.2) is 0 Å². The quantitative estimate of drug-likeness (QED) is 0.596. The Balaban J connectivity index is 4.72. The van der Waals surface area contributed by atoms with Crippen LogP contribution >= 0.6 is 0 Å². The van der Waals surface area contributed by atoms with Gasteiger partial charge in [-0.3, -0.25) is 4.79 Å². The van der Waals surface area contributed by atoms with Gasteiger partial charge in [0.15, 0.2) is 0 Å². The summed E-state index contributed by atoms with van der Waals surface area (Å²) in [6.45, 7) is 3.82. The third-order valence-corrected chi connectivity index (χ3v) is 4.66. The fourth-order valence-corrected chi connectivity index (χ4v) is 2.85. The van der Waals surface area contributed by atoms with Gasteiger partial charge in [0, 0.05) is 26.7 Å². The number of methoxy groups -OCH3 is 1. The van der Waals surface area contributed by atoms with Gasteiger partial charge in [-0.15, -0.1) is 0 Å². The van der Waals surface area contributed by atoms with Crippen molar-refractivity contribution in [2.45, 2.75) is 20.3 Å². The summed E-state index contributed by atoms with van der Waals surface area (Å²) in [6, 6.07) is 2.00. The molecule has 0 aromatic rings. The van der Waals surface area contributed by atoms with Crippen LogP contribution in [0, 0.1) is 17.2 Å². The van der Waals surface area contributed by atoms with Gasteiger partial charge in [0.1, 0.15) is 0 Å². The highest BCUT2D eigenvalue weighted by Crippen LogP contribution is 2.10. The normalized spacial score (nSPS) is 13.3. The summed E-state index contributed by atoms with van der Waals surface area (Å²) in [5.74, 6) is -0.848. The highest BCUT2D eigenvalue weighted by molar-refractivity contribution is 7.86. The van der Waals surface area contributed by atoms with Gasteiger partial charge in [0.25, 0.3) is 10.2 Å². The molecule has 0 heterocycles. The first kappa shape index (κ1) is 17.8. The molecule has 0 saturated carbocycles. The van der Waals surface area contributed by atoms with Crippen LogP contribution in [0.25, 0.3) is 0 Å². The Morgan fingerprint density at radius 1 is 1.47 bits per heavy atom. The summed E-state index contributed by atoms with van der Waals surface area (Å²) in [4.78, 5) is 11.0. The van der Waals surface area contributed by atoms with Crippen LogP contribution in [-0.2, 0) is 19.7 Å². The van der Waals surface area contributed by atoms with Crippen molar-refractivity contribution < 1.29 is 17.9 Å². The predicted molar refractivity (Wildman–Crippen MR) is 70.2 cm³/mol. The Hall–Kier alpha value is -1.17. The molecule has 0 aliphatic rings. The molecule has 0 bridgehead atoms. The molecule has 1 atom stereocenters. The Labute approximate surface area is 114 Å². The topological polar surface area (TPSA) is 90.7 Å². The number of carbonyl (C=O) groups excluding carboxylic acids is 1. The van der Waals surface area contributed by atoms with Crippen molar-refractivity contribution in [3.05, 3.63) is 0 Å². The summed E-state index contributed by atoms with van der Waals surface area (Å²) in [6.07, 6.45) is -0.00239. The molecular formula is C11H21N3O4S. The second-order valence-electron chi connectivity index (χ2n) is 4.14. The number of hydrogen-bond acceptors (Lipinski definition) is 5. The van der Waals surface area contributed by atoms with Gasteiger partial charge in [-0.2, -0.15) is 22.3 Å². The standard InChI is InChI=1S/C11H21N3O4S/c1-5-14(9-10(2)8-12)19(16,17)13(3)7-6-11(15)18-4/h10H,5-7,9H2,1-4H3. The lowest BCUT2D eigenvalue weighted by Crippen LogP contribution is -2.44. The number of hydrogen-bond donors (Lipinski definition) is 0. The molecule has 0 aromatic carbocycles. The van der Waals surface area contributed by atoms with Crippen molar-refractivity contribution in [1.29, 1.82) is 5.26 Å². The van der Waals surface area contributed by atoms with E-state index in [0.29, 0.717) is 0 Å². The minimum atomic E-state index is -3.65. The molecule has 7 nitrogen and oxygen atoms in total. The summed E-state index contributed by atoms with van der Waals surface area (Å²) in [5.41, 5.74) is 0. The summed E-state index contributed by atoms with van der Waals surface area (Å²) in [5, 5.41) is 8.75. The summed E-state index contributed by atoms with van der Waals surface area (Å²) < 4.78 is 31.2. The largest absolute Gasteiger partial charge is 0.469 e. The van der Waals surface area contributed by atoms with Crippen LogP contribution < -0.4 is 0 Å². The number of nitrogens with zero attached hydrogens (tertiary/aromatic N) is 3. The zero-order chi connectivity index (χ0) is 15.1. The van der Waals surface area contributed by atoms with Crippen LogP contribution in [0.2, 0.25) is 0 Å². The predicted octanol–water partition coefficient (Wildman–Crippen LogP) is 0.208. The Morgan fingerprint density at radius 2 is 2.05 bits per heavy atom.